The molecule has 6 rings (SSSR count). The van der Waals surface area contributed by atoms with Crippen molar-refractivity contribution in [3.63, 3.8) is 0 Å². The molecule has 48 heavy (non-hydrogen) atoms. The van der Waals surface area contributed by atoms with Gasteiger partial charge in [-0.2, -0.15) is 4.98 Å². The monoisotopic (exact) mass is 667 g/mol. The number of hydrogen-bond acceptors (Lipinski definition) is 7. The van der Waals surface area contributed by atoms with E-state index in [4.69, 9.17) is 9.72 Å². The van der Waals surface area contributed by atoms with Crippen molar-refractivity contribution in [2.45, 2.75) is 91.1 Å². The lowest BCUT2D eigenvalue weighted by molar-refractivity contribution is 0.0509. The Balaban J connectivity index is 1.43. The summed E-state index contributed by atoms with van der Waals surface area (Å²) >= 11 is 0. The molecule has 3 heterocycles. The second-order valence-electron chi connectivity index (χ2n) is 15.3. The summed E-state index contributed by atoms with van der Waals surface area (Å²) < 4.78 is 36.3. The van der Waals surface area contributed by atoms with Gasteiger partial charge in [0, 0.05) is 23.4 Å². The molecule has 0 saturated heterocycles. The molecule has 4 aromatic rings. The molecule has 0 spiro atoms. The molecule has 0 radical (unpaired) electrons. The van der Waals surface area contributed by atoms with E-state index >= 15 is 0 Å². The second-order valence-corrected chi connectivity index (χ2v) is 17.0. The number of nitrogens with zero attached hydrogens (tertiary/aromatic N) is 4. The van der Waals surface area contributed by atoms with Gasteiger partial charge in [-0.25, -0.2) is 18.1 Å². The first-order valence-corrected chi connectivity index (χ1v) is 18.0. The van der Waals surface area contributed by atoms with E-state index in [1.807, 2.05) is 44.3 Å². The summed E-state index contributed by atoms with van der Waals surface area (Å²) in [5.41, 5.74) is 5.80. The topological polar surface area (TPSA) is 114 Å². The molecule has 0 unspecified atom stereocenters. The fraction of sp³-hybridized carbons (Fsp3) is 0.421. The summed E-state index contributed by atoms with van der Waals surface area (Å²) in [6, 6.07) is 17.5. The molecule has 1 atom stereocenters. The van der Waals surface area contributed by atoms with Gasteiger partial charge >= 0.3 is 0 Å². The lowest BCUT2D eigenvalue weighted by Gasteiger charge is -2.42. The van der Waals surface area contributed by atoms with Crippen molar-refractivity contribution >= 4 is 21.9 Å². The average Bonchev–Trinajstić information content (AvgIpc) is 3.00. The molecule has 2 aromatic heterocycles. The Morgan fingerprint density at radius 3 is 2.33 bits per heavy atom. The Morgan fingerprint density at radius 1 is 0.979 bits per heavy atom. The van der Waals surface area contributed by atoms with Crippen molar-refractivity contribution in [2.75, 3.05) is 11.3 Å². The Labute approximate surface area is 284 Å². The zero-order chi connectivity index (χ0) is 34.4. The summed E-state index contributed by atoms with van der Waals surface area (Å²) in [5.74, 6) is 0.304. The number of amides is 1. The van der Waals surface area contributed by atoms with Gasteiger partial charge in [0.25, 0.3) is 15.9 Å². The van der Waals surface area contributed by atoms with Crippen LogP contribution in [0.15, 0.2) is 71.8 Å². The first kappa shape index (κ1) is 33.6. The van der Waals surface area contributed by atoms with E-state index in [1.165, 1.54) is 17.7 Å². The minimum Gasteiger partial charge on any atom is -0.475 e. The van der Waals surface area contributed by atoms with Crippen LogP contribution >= 0.6 is 0 Å². The number of fused-ring (bicyclic) bond motifs is 4. The number of hydrogen-bond donors (Lipinski definition) is 1. The van der Waals surface area contributed by atoms with Gasteiger partial charge in [0.2, 0.25) is 11.8 Å². The highest BCUT2D eigenvalue weighted by Gasteiger charge is 2.37. The maximum absolute atomic E-state index is 14.4. The fourth-order valence-corrected chi connectivity index (χ4v) is 7.99. The van der Waals surface area contributed by atoms with Crippen LogP contribution in [0, 0.1) is 24.7 Å². The molecule has 4 bridgehead atoms. The van der Waals surface area contributed by atoms with Crippen LogP contribution in [0.1, 0.15) is 92.5 Å². The van der Waals surface area contributed by atoms with Crippen molar-refractivity contribution in [1.82, 2.24) is 19.9 Å². The third kappa shape index (κ3) is 7.38. The molecule has 1 fully saturated rings. The van der Waals surface area contributed by atoms with E-state index in [2.05, 4.69) is 55.4 Å². The van der Waals surface area contributed by atoms with E-state index in [0.29, 0.717) is 23.4 Å². The van der Waals surface area contributed by atoms with Crippen molar-refractivity contribution in [3.05, 3.63) is 94.8 Å². The quantitative estimate of drug-likeness (QED) is 0.232. The van der Waals surface area contributed by atoms with Gasteiger partial charge in [-0.1, -0.05) is 65.0 Å². The van der Waals surface area contributed by atoms with Crippen LogP contribution < -0.4 is 9.46 Å². The van der Waals surface area contributed by atoms with Gasteiger partial charge < -0.3 is 9.64 Å². The summed E-state index contributed by atoms with van der Waals surface area (Å²) in [4.78, 5) is 30.0. The van der Waals surface area contributed by atoms with Gasteiger partial charge in [0.15, 0.2) is 0 Å². The Bertz CT molecular complexity index is 1920. The number of nitrogens with one attached hydrogen (secondary N) is 1. The summed E-state index contributed by atoms with van der Waals surface area (Å²) in [6.07, 6.45) is 4.82. The van der Waals surface area contributed by atoms with Crippen LogP contribution in [0.3, 0.4) is 0 Å². The van der Waals surface area contributed by atoms with Crippen LogP contribution in [0.5, 0.6) is 5.88 Å². The zero-order valence-electron chi connectivity index (χ0n) is 28.9. The molecule has 1 aliphatic heterocycles. The van der Waals surface area contributed by atoms with Crippen LogP contribution in [0.4, 0.5) is 5.95 Å². The SMILES string of the molecule is Cc1cccc(C)c1-c1cc2nc(n1)NS(=O)(=O)c1cccc(c1)C(=O)N(Cc1ccc(C3CC(C)(C)C3)cn1)[C@H](CC(C)(C)C)CO2. The Morgan fingerprint density at radius 2 is 1.69 bits per heavy atom. The van der Waals surface area contributed by atoms with Crippen molar-refractivity contribution in [1.29, 1.82) is 0 Å². The van der Waals surface area contributed by atoms with E-state index in [0.717, 1.165) is 35.2 Å². The van der Waals surface area contributed by atoms with Crippen LogP contribution in [0.2, 0.25) is 0 Å². The molecule has 1 amide bonds. The highest BCUT2D eigenvalue weighted by molar-refractivity contribution is 7.92. The number of sulfonamides is 1. The molecule has 1 saturated carbocycles. The third-order valence-electron chi connectivity index (χ3n) is 9.28. The maximum Gasteiger partial charge on any atom is 0.264 e. The van der Waals surface area contributed by atoms with Gasteiger partial charge in [-0.3, -0.25) is 9.78 Å². The lowest BCUT2D eigenvalue weighted by Crippen LogP contribution is -2.45. The minimum atomic E-state index is -4.15. The number of anilines is 1. The molecule has 1 N–H and O–H groups in total. The zero-order valence-corrected chi connectivity index (χ0v) is 29.7. The van der Waals surface area contributed by atoms with E-state index in [1.54, 1.807) is 23.1 Å². The normalized spacial score (nSPS) is 19.2. The van der Waals surface area contributed by atoms with Crippen molar-refractivity contribution in [3.8, 4) is 17.1 Å². The largest absolute Gasteiger partial charge is 0.475 e. The first-order chi connectivity index (χ1) is 22.6. The second kappa shape index (κ2) is 12.6. The standard InChI is InChI=1S/C38H45N5O4S/c1-24-10-8-11-25(2)34(24)32-17-33-41-36(40-32)42-48(45,46)31-13-9-12-26(16-31)35(44)43(30(23-47-33)20-37(3,4)5)22-29-15-14-27(21-39-29)28-18-38(6,7)19-28/h8-17,21,28,30H,18-20,22-23H2,1-7H3,(H,40,41,42)/t30-/m1/s1. The van der Waals surface area contributed by atoms with Gasteiger partial charge in [-0.05, 0) is 90.8 Å². The minimum absolute atomic E-state index is 0.0608. The highest BCUT2D eigenvalue weighted by atomic mass is 32.2. The van der Waals surface area contributed by atoms with E-state index in [9.17, 15) is 13.2 Å². The number of carbonyl (C=O) groups is 1. The number of aryl methyl sites for hydroxylation is 2. The predicted octanol–water partition coefficient (Wildman–Crippen LogP) is 7.70. The number of carbonyl (C=O) groups excluding carboxylic acids is 1. The van der Waals surface area contributed by atoms with Crippen LogP contribution in [0.25, 0.3) is 11.3 Å². The fourth-order valence-electron chi connectivity index (χ4n) is 7.00. The van der Waals surface area contributed by atoms with Gasteiger partial charge in [0.1, 0.15) is 6.61 Å². The van der Waals surface area contributed by atoms with Gasteiger partial charge in [-0.15, -0.1) is 0 Å². The number of aromatic nitrogens is 3. The van der Waals surface area contributed by atoms with Crippen molar-refractivity contribution < 1.29 is 17.9 Å². The summed E-state index contributed by atoms with van der Waals surface area (Å²) in [6.45, 7) is 15.3. The molecule has 10 heteroatoms. The first-order valence-electron chi connectivity index (χ1n) is 16.5. The predicted molar refractivity (Wildman–Crippen MR) is 187 cm³/mol. The average molecular weight is 668 g/mol. The third-order valence-corrected chi connectivity index (χ3v) is 10.6. The van der Waals surface area contributed by atoms with E-state index < -0.39 is 10.0 Å². The molecule has 9 nitrogen and oxygen atoms in total. The molecule has 2 aromatic carbocycles. The molecular formula is C38H45N5O4S. The maximum atomic E-state index is 14.4. The molecule has 252 valence electrons. The lowest BCUT2D eigenvalue weighted by atomic mass is 9.62. The Kier molecular flexibility index (Phi) is 8.83. The highest BCUT2D eigenvalue weighted by Crippen LogP contribution is 2.50. The summed E-state index contributed by atoms with van der Waals surface area (Å²) in [5, 5.41) is 0. The van der Waals surface area contributed by atoms with E-state index in [-0.39, 0.29) is 52.8 Å². The smallest absolute Gasteiger partial charge is 0.264 e. The summed E-state index contributed by atoms with van der Waals surface area (Å²) in [7, 11) is -4.15. The van der Waals surface area contributed by atoms with Crippen molar-refractivity contribution in [2.24, 2.45) is 10.8 Å². The van der Waals surface area contributed by atoms with Crippen LogP contribution in [-0.2, 0) is 16.6 Å². The number of pyridine rings is 1. The number of rotatable bonds is 5. The number of ether oxygens (including phenoxy) is 1. The van der Waals surface area contributed by atoms with Crippen LogP contribution in [-0.4, -0.2) is 46.8 Å². The molecule has 2 aliphatic rings. The van der Waals surface area contributed by atoms with Gasteiger partial charge in [0.05, 0.1) is 28.9 Å². The molecule has 1 aliphatic carbocycles. The Hall–Kier alpha value is -4.31. The molecular weight excluding hydrogens is 623 g/mol. The number of benzene rings is 2.